The van der Waals surface area contributed by atoms with Gasteiger partial charge in [-0.2, -0.15) is 0 Å². The van der Waals surface area contributed by atoms with Crippen LogP contribution in [-0.4, -0.2) is 50.6 Å². The second-order valence-corrected chi connectivity index (χ2v) is 8.31. The standard InChI is InChI=1S/C17H24N2O5S/c1-4-25(22,23)19-10-6-7-13(11-19)16(20)18-15-9-5-8-14(12(15)2)17(21)24-3/h5,8-9,13H,4,6-7,10-11H2,1-3H3,(H,18,20)/t13-/m1/s1. The van der Waals surface area contributed by atoms with Crippen molar-refractivity contribution in [2.24, 2.45) is 5.92 Å². The Morgan fingerprint density at radius 2 is 2.08 bits per heavy atom. The number of benzene rings is 1. The summed E-state index contributed by atoms with van der Waals surface area (Å²) in [6.45, 7) is 3.98. The third-order valence-electron chi connectivity index (χ3n) is 4.51. The molecule has 0 aromatic heterocycles. The molecule has 1 fully saturated rings. The van der Waals surface area contributed by atoms with Crippen LogP contribution in [0.3, 0.4) is 0 Å². The normalized spacial score (nSPS) is 18.6. The number of methoxy groups -OCH3 is 1. The second-order valence-electron chi connectivity index (χ2n) is 6.06. The number of carbonyl (C=O) groups is 2. The van der Waals surface area contributed by atoms with Crippen LogP contribution in [0, 0.1) is 12.8 Å². The van der Waals surface area contributed by atoms with E-state index in [4.69, 9.17) is 4.74 Å². The summed E-state index contributed by atoms with van der Waals surface area (Å²) in [4.78, 5) is 24.3. The van der Waals surface area contributed by atoms with Crippen LogP contribution >= 0.6 is 0 Å². The van der Waals surface area contributed by atoms with Gasteiger partial charge in [0.2, 0.25) is 15.9 Å². The molecule has 1 aromatic carbocycles. The molecule has 1 N–H and O–H groups in total. The van der Waals surface area contributed by atoms with Crippen LogP contribution in [0.5, 0.6) is 0 Å². The fourth-order valence-corrected chi connectivity index (χ4v) is 4.11. The quantitative estimate of drug-likeness (QED) is 0.800. The van der Waals surface area contributed by atoms with Gasteiger partial charge in [-0.15, -0.1) is 0 Å². The molecule has 7 nitrogen and oxygen atoms in total. The van der Waals surface area contributed by atoms with E-state index in [9.17, 15) is 18.0 Å². The van der Waals surface area contributed by atoms with Crippen LogP contribution in [0.15, 0.2) is 18.2 Å². The van der Waals surface area contributed by atoms with E-state index in [2.05, 4.69) is 5.32 Å². The largest absolute Gasteiger partial charge is 0.465 e. The van der Waals surface area contributed by atoms with Crippen molar-refractivity contribution in [3.05, 3.63) is 29.3 Å². The number of carbonyl (C=O) groups excluding carboxylic acids is 2. The maximum Gasteiger partial charge on any atom is 0.338 e. The summed E-state index contributed by atoms with van der Waals surface area (Å²) in [6.07, 6.45) is 1.29. The maximum atomic E-state index is 12.6. The lowest BCUT2D eigenvalue weighted by atomic mass is 9.98. The van der Waals surface area contributed by atoms with Crippen LogP contribution in [0.1, 0.15) is 35.7 Å². The third-order valence-corrected chi connectivity index (χ3v) is 6.36. The summed E-state index contributed by atoms with van der Waals surface area (Å²) in [5, 5.41) is 2.82. The van der Waals surface area contributed by atoms with Gasteiger partial charge in [0.1, 0.15) is 0 Å². The van der Waals surface area contributed by atoms with Gasteiger partial charge in [-0.05, 0) is 44.4 Å². The lowest BCUT2D eigenvalue weighted by Crippen LogP contribution is -2.44. The number of piperidine rings is 1. The van der Waals surface area contributed by atoms with Gasteiger partial charge in [-0.1, -0.05) is 6.07 Å². The highest BCUT2D eigenvalue weighted by Crippen LogP contribution is 2.24. The number of anilines is 1. The monoisotopic (exact) mass is 368 g/mol. The first-order chi connectivity index (χ1) is 11.8. The molecule has 138 valence electrons. The Morgan fingerprint density at radius 3 is 2.72 bits per heavy atom. The predicted octanol–water partition coefficient (Wildman–Crippen LogP) is 1.78. The van der Waals surface area contributed by atoms with Crippen molar-refractivity contribution in [2.75, 3.05) is 31.3 Å². The molecule has 1 aliphatic heterocycles. The molecule has 1 saturated heterocycles. The number of hydrogen-bond acceptors (Lipinski definition) is 5. The summed E-state index contributed by atoms with van der Waals surface area (Å²) in [5.74, 6) is -1.08. The molecule has 0 saturated carbocycles. The number of esters is 1. The van der Waals surface area contributed by atoms with E-state index in [1.807, 2.05) is 0 Å². The smallest absolute Gasteiger partial charge is 0.338 e. The fraction of sp³-hybridized carbons (Fsp3) is 0.529. The van der Waals surface area contributed by atoms with E-state index >= 15 is 0 Å². The Kier molecular flexibility index (Phi) is 6.18. The molecule has 1 atom stereocenters. The minimum absolute atomic E-state index is 0.0294. The molecular formula is C17H24N2O5S. The Balaban J connectivity index is 2.13. The number of rotatable bonds is 5. The molecule has 1 aliphatic rings. The zero-order valence-electron chi connectivity index (χ0n) is 14.7. The van der Waals surface area contributed by atoms with Crippen molar-refractivity contribution in [3.8, 4) is 0 Å². The first-order valence-corrected chi connectivity index (χ1v) is 9.87. The van der Waals surface area contributed by atoms with Crippen LogP contribution in [0.4, 0.5) is 5.69 Å². The van der Waals surface area contributed by atoms with Crippen molar-refractivity contribution >= 4 is 27.6 Å². The van der Waals surface area contributed by atoms with Crippen LogP contribution in [0.25, 0.3) is 0 Å². The van der Waals surface area contributed by atoms with E-state index in [0.717, 1.165) is 0 Å². The van der Waals surface area contributed by atoms with Crippen LogP contribution in [-0.2, 0) is 19.6 Å². The Hall–Kier alpha value is -1.93. The SMILES string of the molecule is CCS(=O)(=O)N1CCC[C@@H](C(=O)Nc2cccc(C(=O)OC)c2C)C1. The molecule has 1 aromatic rings. The maximum absolute atomic E-state index is 12.6. The van der Waals surface area contributed by atoms with Crippen LogP contribution < -0.4 is 5.32 Å². The summed E-state index contributed by atoms with van der Waals surface area (Å²) < 4.78 is 30.2. The van der Waals surface area contributed by atoms with Gasteiger partial charge in [-0.25, -0.2) is 17.5 Å². The van der Waals surface area contributed by atoms with Crippen molar-refractivity contribution in [3.63, 3.8) is 0 Å². The molecular weight excluding hydrogens is 344 g/mol. The van der Waals surface area contributed by atoms with Crippen molar-refractivity contribution in [2.45, 2.75) is 26.7 Å². The number of hydrogen-bond donors (Lipinski definition) is 1. The van der Waals surface area contributed by atoms with Crippen molar-refractivity contribution in [1.82, 2.24) is 4.31 Å². The van der Waals surface area contributed by atoms with Gasteiger partial charge in [0.25, 0.3) is 0 Å². The lowest BCUT2D eigenvalue weighted by molar-refractivity contribution is -0.120. The molecule has 0 bridgehead atoms. The molecule has 0 unspecified atom stereocenters. The van der Waals surface area contributed by atoms with Gasteiger partial charge in [0.05, 0.1) is 24.3 Å². The summed E-state index contributed by atoms with van der Waals surface area (Å²) in [7, 11) is -1.99. The number of amides is 1. The Morgan fingerprint density at radius 1 is 1.36 bits per heavy atom. The second kappa shape index (κ2) is 7.97. The Bertz CT molecular complexity index is 760. The molecule has 1 amide bonds. The van der Waals surface area contributed by atoms with E-state index in [0.29, 0.717) is 36.2 Å². The molecule has 0 radical (unpaired) electrons. The van der Waals surface area contributed by atoms with E-state index in [-0.39, 0.29) is 18.2 Å². The number of nitrogens with one attached hydrogen (secondary N) is 1. The summed E-state index contributed by atoms with van der Waals surface area (Å²) >= 11 is 0. The first kappa shape index (κ1) is 19.4. The van der Waals surface area contributed by atoms with Gasteiger partial charge in [0, 0.05) is 18.8 Å². The molecule has 0 aliphatic carbocycles. The van der Waals surface area contributed by atoms with Gasteiger partial charge in [-0.3, -0.25) is 4.79 Å². The minimum atomic E-state index is -3.30. The van der Waals surface area contributed by atoms with Crippen molar-refractivity contribution < 1.29 is 22.7 Å². The average Bonchev–Trinajstić information content (AvgIpc) is 2.62. The Labute approximate surface area is 148 Å². The van der Waals surface area contributed by atoms with Crippen LogP contribution in [0.2, 0.25) is 0 Å². The summed E-state index contributed by atoms with van der Waals surface area (Å²) in [5.41, 5.74) is 1.54. The summed E-state index contributed by atoms with van der Waals surface area (Å²) in [6, 6.07) is 5.01. The molecule has 25 heavy (non-hydrogen) atoms. The first-order valence-electron chi connectivity index (χ1n) is 8.26. The highest BCUT2D eigenvalue weighted by Gasteiger charge is 2.31. The number of nitrogens with zero attached hydrogens (tertiary/aromatic N) is 1. The highest BCUT2D eigenvalue weighted by atomic mass is 32.2. The predicted molar refractivity (Wildman–Crippen MR) is 94.9 cm³/mol. The fourth-order valence-electron chi connectivity index (χ4n) is 2.93. The van der Waals surface area contributed by atoms with E-state index < -0.39 is 21.9 Å². The molecule has 1 heterocycles. The van der Waals surface area contributed by atoms with Gasteiger partial charge < -0.3 is 10.1 Å². The van der Waals surface area contributed by atoms with Gasteiger partial charge >= 0.3 is 5.97 Å². The highest BCUT2D eigenvalue weighted by molar-refractivity contribution is 7.89. The molecule has 8 heteroatoms. The zero-order chi connectivity index (χ0) is 18.6. The zero-order valence-corrected chi connectivity index (χ0v) is 15.6. The van der Waals surface area contributed by atoms with E-state index in [1.165, 1.54) is 11.4 Å². The van der Waals surface area contributed by atoms with E-state index in [1.54, 1.807) is 32.0 Å². The topological polar surface area (TPSA) is 92.8 Å². The average molecular weight is 368 g/mol. The number of ether oxygens (including phenoxy) is 1. The van der Waals surface area contributed by atoms with Crippen molar-refractivity contribution in [1.29, 1.82) is 0 Å². The van der Waals surface area contributed by atoms with Gasteiger partial charge in [0.15, 0.2) is 0 Å². The molecule has 0 spiro atoms. The third kappa shape index (κ3) is 4.38. The molecule has 2 rings (SSSR count). The minimum Gasteiger partial charge on any atom is -0.465 e. The number of sulfonamides is 1. The lowest BCUT2D eigenvalue weighted by Gasteiger charge is -2.31.